The highest BCUT2D eigenvalue weighted by molar-refractivity contribution is 6.32. The Kier molecular flexibility index (Phi) is 4.52. The van der Waals surface area contributed by atoms with Crippen molar-refractivity contribution in [3.63, 3.8) is 0 Å². The largest absolute Gasteiger partial charge is 0.391 e. The topological polar surface area (TPSA) is 62.2 Å². The summed E-state index contributed by atoms with van der Waals surface area (Å²) in [7, 11) is 0. The van der Waals surface area contributed by atoms with Crippen LogP contribution < -0.4 is 5.32 Å². The maximum atomic E-state index is 11.5. The van der Waals surface area contributed by atoms with Gasteiger partial charge in [0.1, 0.15) is 5.15 Å². The molecule has 0 radical (unpaired) electrons. The van der Waals surface area contributed by atoms with E-state index in [9.17, 15) is 9.90 Å². The van der Waals surface area contributed by atoms with Gasteiger partial charge in [-0.05, 0) is 18.6 Å². The van der Waals surface area contributed by atoms with Gasteiger partial charge in [0.2, 0.25) is 0 Å². The van der Waals surface area contributed by atoms with Gasteiger partial charge >= 0.3 is 0 Å². The minimum Gasteiger partial charge on any atom is -0.391 e. The molecule has 0 bridgehead atoms. The van der Waals surface area contributed by atoms with Crippen LogP contribution in [-0.2, 0) is 0 Å². The maximum Gasteiger partial charge on any atom is 0.254 e. The molecule has 1 aromatic rings. The molecule has 0 aliphatic carbocycles. The molecule has 2 N–H and O–H groups in total. The van der Waals surface area contributed by atoms with Crippen LogP contribution in [0.2, 0.25) is 5.15 Å². The van der Waals surface area contributed by atoms with Gasteiger partial charge in [0.05, 0.1) is 11.7 Å². The fraction of sp³-hybridized carbons (Fsp3) is 0.400. The standard InChI is InChI=1S/C10H13ClN2O2/c1-2-7(14)6-13-10(15)8-4-3-5-12-9(8)11/h3-5,7,14H,2,6H2,1H3,(H,13,15). The number of aromatic nitrogens is 1. The molecule has 82 valence electrons. The van der Waals surface area contributed by atoms with E-state index in [4.69, 9.17) is 11.6 Å². The van der Waals surface area contributed by atoms with E-state index in [1.807, 2.05) is 6.92 Å². The first-order valence-corrected chi connectivity index (χ1v) is 5.09. The second kappa shape index (κ2) is 5.68. The van der Waals surface area contributed by atoms with E-state index in [1.165, 1.54) is 6.20 Å². The number of amides is 1. The number of carbonyl (C=O) groups is 1. The smallest absolute Gasteiger partial charge is 0.254 e. The third-order valence-corrected chi connectivity index (χ3v) is 2.27. The predicted octanol–water partition coefficient (Wildman–Crippen LogP) is 1.24. The Bertz CT molecular complexity index is 344. The molecular weight excluding hydrogens is 216 g/mol. The minimum atomic E-state index is -0.524. The lowest BCUT2D eigenvalue weighted by Crippen LogP contribution is -2.31. The van der Waals surface area contributed by atoms with Crippen LogP contribution in [0, 0.1) is 0 Å². The van der Waals surface area contributed by atoms with Gasteiger partial charge in [-0.1, -0.05) is 18.5 Å². The van der Waals surface area contributed by atoms with Crippen LogP contribution >= 0.6 is 11.6 Å². The van der Waals surface area contributed by atoms with Crippen molar-refractivity contribution in [2.75, 3.05) is 6.54 Å². The average Bonchev–Trinajstić information content (AvgIpc) is 2.26. The molecule has 5 heteroatoms. The molecule has 15 heavy (non-hydrogen) atoms. The van der Waals surface area contributed by atoms with Crippen LogP contribution in [0.15, 0.2) is 18.3 Å². The number of nitrogens with zero attached hydrogens (tertiary/aromatic N) is 1. The van der Waals surface area contributed by atoms with Crippen molar-refractivity contribution in [1.29, 1.82) is 0 Å². The number of carbonyl (C=O) groups excluding carboxylic acids is 1. The third kappa shape index (κ3) is 3.49. The summed E-state index contributed by atoms with van der Waals surface area (Å²) in [6.07, 6.45) is 1.59. The van der Waals surface area contributed by atoms with Crippen molar-refractivity contribution >= 4 is 17.5 Å². The van der Waals surface area contributed by atoms with Crippen molar-refractivity contribution in [1.82, 2.24) is 10.3 Å². The van der Waals surface area contributed by atoms with E-state index in [2.05, 4.69) is 10.3 Å². The maximum absolute atomic E-state index is 11.5. The van der Waals surface area contributed by atoms with Gasteiger partial charge in [0, 0.05) is 12.7 Å². The van der Waals surface area contributed by atoms with Crippen molar-refractivity contribution in [3.05, 3.63) is 29.0 Å². The molecule has 0 aliphatic heterocycles. The minimum absolute atomic E-state index is 0.168. The summed E-state index contributed by atoms with van der Waals surface area (Å²) in [6, 6.07) is 3.22. The Balaban J connectivity index is 2.58. The summed E-state index contributed by atoms with van der Waals surface area (Å²) in [5.74, 6) is -0.319. The first-order valence-electron chi connectivity index (χ1n) is 4.72. The molecule has 4 nitrogen and oxygen atoms in total. The van der Waals surface area contributed by atoms with Gasteiger partial charge in [-0.3, -0.25) is 4.79 Å². The number of rotatable bonds is 4. The lowest BCUT2D eigenvalue weighted by molar-refractivity contribution is 0.0913. The molecule has 0 saturated carbocycles. The number of pyridine rings is 1. The Morgan fingerprint density at radius 1 is 1.73 bits per heavy atom. The summed E-state index contributed by atoms with van der Waals surface area (Å²) in [5.41, 5.74) is 0.322. The Morgan fingerprint density at radius 3 is 3.07 bits per heavy atom. The fourth-order valence-corrected chi connectivity index (χ4v) is 1.21. The summed E-state index contributed by atoms with van der Waals surface area (Å²) < 4.78 is 0. The first kappa shape index (κ1) is 11.9. The molecule has 1 aromatic heterocycles. The average molecular weight is 229 g/mol. The molecule has 1 unspecified atom stereocenters. The van der Waals surface area contributed by atoms with Gasteiger partial charge in [-0.25, -0.2) is 4.98 Å². The second-order valence-corrected chi connectivity index (χ2v) is 3.47. The lowest BCUT2D eigenvalue weighted by atomic mass is 10.2. The van der Waals surface area contributed by atoms with Gasteiger partial charge < -0.3 is 10.4 Å². The fourth-order valence-electron chi connectivity index (χ4n) is 1.01. The number of aliphatic hydroxyl groups is 1. The van der Waals surface area contributed by atoms with E-state index >= 15 is 0 Å². The molecule has 0 aromatic carbocycles. The second-order valence-electron chi connectivity index (χ2n) is 3.11. The van der Waals surface area contributed by atoms with Crippen LogP contribution in [0.5, 0.6) is 0 Å². The number of hydrogen-bond acceptors (Lipinski definition) is 3. The van der Waals surface area contributed by atoms with Crippen LogP contribution in [0.25, 0.3) is 0 Å². The van der Waals surface area contributed by atoms with Crippen LogP contribution in [-0.4, -0.2) is 28.6 Å². The summed E-state index contributed by atoms with van der Waals surface area (Å²) >= 11 is 5.73. The van der Waals surface area contributed by atoms with E-state index in [-0.39, 0.29) is 17.6 Å². The monoisotopic (exact) mass is 228 g/mol. The molecule has 0 spiro atoms. The summed E-state index contributed by atoms with van der Waals surface area (Å²) in [5, 5.41) is 12.0. The highest BCUT2D eigenvalue weighted by atomic mass is 35.5. The first-order chi connectivity index (χ1) is 7.15. The zero-order valence-electron chi connectivity index (χ0n) is 8.40. The van der Waals surface area contributed by atoms with Gasteiger partial charge in [-0.15, -0.1) is 0 Å². The molecule has 0 aliphatic rings. The van der Waals surface area contributed by atoms with Crippen LogP contribution in [0.1, 0.15) is 23.7 Å². The normalized spacial score (nSPS) is 12.2. The molecule has 1 atom stereocenters. The van der Waals surface area contributed by atoms with Gasteiger partial charge in [0.15, 0.2) is 0 Å². The SMILES string of the molecule is CCC(O)CNC(=O)c1cccnc1Cl. The van der Waals surface area contributed by atoms with Crippen molar-refractivity contribution in [2.45, 2.75) is 19.4 Å². The van der Waals surface area contributed by atoms with E-state index in [0.717, 1.165) is 0 Å². The highest BCUT2D eigenvalue weighted by Gasteiger charge is 2.11. The van der Waals surface area contributed by atoms with Crippen molar-refractivity contribution in [3.8, 4) is 0 Å². The zero-order valence-corrected chi connectivity index (χ0v) is 9.16. The molecule has 1 heterocycles. The Hall–Kier alpha value is -1.13. The third-order valence-electron chi connectivity index (χ3n) is 1.97. The lowest BCUT2D eigenvalue weighted by Gasteiger charge is -2.09. The molecule has 1 rings (SSSR count). The van der Waals surface area contributed by atoms with Crippen molar-refractivity contribution in [2.24, 2.45) is 0 Å². The number of hydrogen-bond donors (Lipinski definition) is 2. The number of halogens is 1. The number of nitrogens with one attached hydrogen (secondary N) is 1. The summed E-state index contributed by atoms with van der Waals surface area (Å²) in [6.45, 7) is 2.06. The Labute approximate surface area is 93.3 Å². The Morgan fingerprint density at radius 2 is 2.47 bits per heavy atom. The number of aliphatic hydroxyl groups excluding tert-OH is 1. The van der Waals surface area contributed by atoms with Crippen molar-refractivity contribution < 1.29 is 9.90 Å². The molecule has 1 amide bonds. The summed E-state index contributed by atoms with van der Waals surface area (Å²) in [4.78, 5) is 15.3. The quantitative estimate of drug-likeness (QED) is 0.763. The molecular formula is C10H13ClN2O2. The van der Waals surface area contributed by atoms with Gasteiger partial charge in [-0.2, -0.15) is 0 Å². The van der Waals surface area contributed by atoms with Gasteiger partial charge in [0.25, 0.3) is 5.91 Å². The van der Waals surface area contributed by atoms with E-state index in [1.54, 1.807) is 12.1 Å². The van der Waals surface area contributed by atoms with Crippen LogP contribution in [0.3, 0.4) is 0 Å². The molecule has 0 saturated heterocycles. The van der Waals surface area contributed by atoms with E-state index < -0.39 is 6.10 Å². The zero-order chi connectivity index (χ0) is 11.3. The van der Waals surface area contributed by atoms with E-state index in [0.29, 0.717) is 12.0 Å². The molecule has 0 fully saturated rings. The van der Waals surface area contributed by atoms with Crippen LogP contribution in [0.4, 0.5) is 0 Å². The highest BCUT2D eigenvalue weighted by Crippen LogP contribution is 2.10. The predicted molar refractivity (Wildman–Crippen MR) is 57.9 cm³/mol.